The molecule has 2 N–H and O–H groups in total. The third-order valence-corrected chi connectivity index (χ3v) is 5.72. The van der Waals surface area contributed by atoms with Crippen LogP contribution in [-0.4, -0.2) is 48.7 Å². The maximum Gasteiger partial charge on any atom is 0.239 e. The lowest BCUT2D eigenvalue weighted by molar-refractivity contribution is -0.132. The van der Waals surface area contributed by atoms with Gasteiger partial charge in [-0.2, -0.15) is 0 Å². The van der Waals surface area contributed by atoms with E-state index in [1.165, 1.54) is 0 Å². The lowest BCUT2D eigenvalue weighted by Gasteiger charge is -2.33. The minimum absolute atomic E-state index is 0.0846. The van der Waals surface area contributed by atoms with Crippen molar-refractivity contribution in [2.75, 3.05) is 26.7 Å². The highest BCUT2D eigenvalue weighted by molar-refractivity contribution is 5.82. The first-order chi connectivity index (χ1) is 12.7. The molecule has 2 aliphatic rings. The number of hydrogen-bond donors (Lipinski definition) is 2. The summed E-state index contributed by atoms with van der Waals surface area (Å²) in [6.07, 6.45) is 3.24. The second-order valence-corrected chi connectivity index (χ2v) is 7.63. The number of hydrogen-bond acceptors (Lipinski definition) is 5. The number of nitrogens with one attached hydrogen (secondary N) is 2. The Morgan fingerprint density at radius 2 is 2.08 bits per heavy atom. The predicted molar refractivity (Wildman–Crippen MR) is 99.4 cm³/mol. The zero-order chi connectivity index (χ0) is 18.0. The molecule has 1 amide bonds. The molecule has 0 aliphatic carbocycles. The maximum absolute atomic E-state index is 12.8. The molecule has 1 aromatic carbocycles. The van der Waals surface area contributed by atoms with Crippen LogP contribution in [0.25, 0.3) is 11.3 Å². The molecule has 6 nitrogen and oxygen atoms in total. The molecule has 2 fully saturated rings. The molecule has 0 bridgehead atoms. The van der Waals surface area contributed by atoms with Gasteiger partial charge in [-0.1, -0.05) is 35.5 Å². The van der Waals surface area contributed by atoms with E-state index in [0.29, 0.717) is 12.0 Å². The van der Waals surface area contributed by atoms with Crippen molar-refractivity contribution >= 4 is 5.91 Å². The van der Waals surface area contributed by atoms with Gasteiger partial charge in [-0.3, -0.25) is 4.79 Å². The Morgan fingerprint density at radius 1 is 1.31 bits per heavy atom. The van der Waals surface area contributed by atoms with Crippen LogP contribution in [0, 0.1) is 5.41 Å². The first-order valence-corrected chi connectivity index (χ1v) is 9.35. The summed E-state index contributed by atoms with van der Waals surface area (Å²) in [7, 11) is 1.84. The number of carbonyl (C=O) groups is 1. The quantitative estimate of drug-likeness (QED) is 0.879. The van der Waals surface area contributed by atoms with Crippen LogP contribution in [0.15, 0.2) is 40.9 Å². The molecule has 2 aromatic rings. The highest BCUT2D eigenvalue weighted by Gasteiger charge is 2.42. The summed E-state index contributed by atoms with van der Waals surface area (Å²) in [5, 5.41) is 11.0. The Hall–Kier alpha value is -2.18. The predicted octanol–water partition coefficient (Wildman–Crippen LogP) is 2.03. The van der Waals surface area contributed by atoms with Crippen molar-refractivity contribution < 1.29 is 9.32 Å². The zero-order valence-corrected chi connectivity index (χ0v) is 15.2. The molecule has 1 atom stereocenters. The van der Waals surface area contributed by atoms with E-state index >= 15 is 0 Å². The SMILES string of the molecule is CN(Cc1cc(-c2ccccc2)on1)C(=O)[C@@H]1CC2(CCNCC2)CN1. The number of nitrogens with zero attached hydrogens (tertiary/aromatic N) is 2. The van der Waals surface area contributed by atoms with E-state index in [2.05, 4.69) is 15.8 Å². The number of aromatic nitrogens is 1. The van der Waals surface area contributed by atoms with Crippen LogP contribution >= 0.6 is 0 Å². The van der Waals surface area contributed by atoms with Gasteiger partial charge in [0.25, 0.3) is 0 Å². The topological polar surface area (TPSA) is 70.4 Å². The zero-order valence-electron chi connectivity index (χ0n) is 15.2. The van der Waals surface area contributed by atoms with Gasteiger partial charge < -0.3 is 20.1 Å². The van der Waals surface area contributed by atoms with Gasteiger partial charge in [-0.15, -0.1) is 0 Å². The molecule has 1 spiro atoms. The minimum atomic E-state index is -0.0846. The molecule has 4 rings (SSSR count). The monoisotopic (exact) mass is 354 g/mol. The van der Waals surface area contributed by atoms with Crippen molar-refractivity contribution in [3.63, 3.8) is 0 Å². The molecule has 2 aliphatic heterocycles. The lowest BCUT2D eigenvalue weighted by Crippen LogP contribution is -2.41. The lowest BCUT2D eigenvalue weighted by atomic mass is 9.77. The van der Waals surface area contributed by atoms with Gasteiger partial charge in [0.2, 0.25) is 5.91 Å². The second kappa shape index (κ2) is 7.21. The smallest absolute Gasteiger partial charge is 0.239 e. The Balaban J connectivity index is 1.37. The average Bonchev–Trinajstić information content (AvgIpc) is 3.30. The number of amides is 1. The molecule has 3 heterocycles. The van der Waals surface area contributed by atoms with Gasteiger partial charge in [0.1, 0.15) is 5.69 Å². The summed E-state index contributed by atoms with van der Waals surface area (Å²) in [5.41, 5.74) is 2.06. The third-order valence-electron chi connectivity index (χ3n) is 5.72. The molecule has 2 saturated heterocycles. The highest BCUT2D eigenvalue weighted by Crippen LogP contribution is 2.37. The summed E-state index contributed by atoms with van der Waals surface area (Å²) in [5.74, 6) is 0.874. The van der Waals surface area contributed by atoms with Crippen molar-refractivity contribution in [2.24, 2.45) is 5.41 Å². The number of benzene rings is 1. The van der Waals surface area contributed by atoms with Gasteiger partial charge >= 0.3 is 0 Å². The van der Waals surface area contributed by atoms with E-state index in [1.54, 1.807) is 4.90 Å². The standard InChI is InChI=1S/C20H26N4O2/c1-24(13-16-11-18(26-23-16)15-5-3-2-4-6-15)19(25)17-12-20(14-22-17)7-9-21-10-8-20/h2-6,11,17,21-22H,7-10,12-14H2,1H3/t17-/m0/s1. The summed E-state index contributed by atoms with van der Waals surface area (Å²) in [6, 6.07) is 11.7. The fourth-order valence-corrected chi connectivity index (χ4v) is 4.14. The number of piperidine rings is 1. The first kappa shape index (κ1) is 17.2. The summed E-state index contributed by atoms with van der Waals surface area (Å²) in [6.45, 7) is 3.52. The van der Waals surface area contributed by atoms with Gasteiger partial charge in [0.15, 0.2) is 5.76 Å². The molecule has 6 heteroatoms. The van der Waals surface area contributed by atoms with E-state index in [4.69, 9.17) is 4.52 Å². The molecule has 0 unspecified atom stereocenters. The molecule has 0 radical (unpaired) electrons. The van der Waals surface area contributed by atoms with Gasteiger partial charge in [-0.05, 0) is 37.8 Å². The first-order valence-electron chi connectivity index (χ1n) is 9.35. The molecule has 138 valence electrons. The van der Waals surface area contributed by atoms with E-state index in [0.717, 1.165) is 55.9 Å². The summed E-state index contributed by atoms with van der Waals surface area (Å²) < 4.78 is 5.44. The highest BCUT2D eigenvalue weighted by atomic mass is 16.5. The van der Waals surface area contributed by atoms with Crippen molar-refractivity contribution in [3.8, 4) is 11.3 Å². The van der Waals surface area contributed by atoms with Crippen LogP contribution in [-0.2, 0) is 11.3 Å². The van der Waals surface area contributed by atoms with Crippen LogP contribution in [0.5, 0.6) is 0 Å². The Bertz CT molecular complexity index is 752. The largest absolute Gasteiger partial charge is 0.356 e. The van der Waals surface area contributed by atoms with Crippen LogP contribution in [0.4, 0.5) is 0 Å². The fourth-order valence-electron chi connectivity index (χ4n) is 4.14. The van der Waals surface area contributed by atoms with Crippen molar-refractivity contribution in [1.29, 1.82) is 0 Å². The van der Waals surface area contributed by atoms with Gasteiger partial charge in [0, 0.05) is 25.2 Å². The Labute approximate surface area is 153 Å². The van der Waals surface area contributed by atoms with Crippen molar-refractivity contribution in [1.82, 2.24) is 20.7 Å². The van der Waals surface area contributed by atoms with E-state index in [9.17, 15) is 4.79 Å². The average molecular weight is 354 g/mol. The second-order valence-electron chi connectivity index (χ2n) is 7.63. The molecule has 0 saturated carbocycles. The van der Waals surface area contributed by atoms with E-state index in [-0.39, 0.29) is 11.9 Å². The molecular formula is C20H26N4O2. The summed E-state index contributed by atoms with van der Waals surface area (Å²) in [4.78, 5) is 14.6. The van der Waals surface area contributed by atoms with Crippen molar-refractivity contribution in [2.45, 2.75) is 31.8 Å². The normalized spacial score (nSPS) is 21.8. The fraction of sp³-hybridized carbons (Fsp3) is 0.500. The summed E-state index contributed by atoms with van der Waals surface area (Å²) >= 11 is 0. The number of rotatable bonds is 4. The van der Waals surface area contributed by atoms with Crippen LogP contribution in [0.2, 0.25) is 0 Å². The molecule has 1 aromatic heterocycles. The van der Waals surface area contributed by atoms with E-state index in [1.807, 2.05) is 43.4 Å². The third kappa shape index (κ3) is 3.52. The Kier molecular flexibility index (Phi) is 4.78. The molecule has 26 heavy (non-hydrogen) atoms. The molecular weight excluding hydrogens is 328 g/mol. The van der Waals surface area contributed by atoms with Crippen LogP contribution in [0.1, 0.15) is 25.0 Å². The number of likely N-dealkylation sites (N-methyl/N-ethyl adjacent to an activating group) is 1. The maximum atomic E-state index is 12.8. The van der Waals surface area contributed by atoms with Crippen LogP contribution in [0.3, 0.4) is 0 Å². The minimum Gasteiger partial charge on any atom is -0.356 e. The van der Waals surface area contributed by atoms with Crippen molar-refractivity contribution in [3.05, 3.63) is 42.1 Å². The Morgan fingerprint density at radius 3 is 2.85 bits per heavy atom. The van der Waals surface area contributed by atoms with Crippen LogP contribution < -0.4 is 10.6 Å². The van der Waals surface area contributed by atoms with Gasteiger partial charge in [0.05, 0.1) is 12.6 Å². The van der Waals surface area contributed by atoms with E-state index < -0.39 is 0 Å². The van der Waals surface area contributed by atoms with Gasteiger partial charge in [-0.25, -0.2) is 0 Å². The number of carbonyl (C=O) groups excluding carboxylic acids is 1.